The van der Waals surface area contributed by atoms with E-state index in [2.05, 4.69) is 128 Å². The van der Waals surface area contributed by atoms with Gasteiger partial charge in [-0.15, -0.1) is 0 Å². The zero-order valence-corrected chi connectivity index (χ0v) is 30.0. The molecule has 0 bridgehead atoms. The molecule has 0 fully saturated rings. The summed E-state index contributed by atoms with van der Waals surface area (Å²) in [5.74, 6) is 0. The summed E-state index contributed by atoms with van der Waals surface area (Å²) in [5.41, 5.74) is 13.2. The van der Waals surface area contributed by atoms with Crippen LogP contribution in [0.25, 0.3) is 0 Å². The first-order valence-electron chi connectivity index (χ1n) is 14.3. The zero-order chi connectivity index (χ0) is 28.6. The van der Waals surface area contributed by atoms with Crippen LogP contribution in [0.5, 0.6) is 0 Å². The third-order valence-corrected chi connectivity index (χ3v) is 16.9. The van der Waals surface area contributed by atoms with Crippen molar-refractivity contribution < 1.29 is 20.7 Å². The Morgan fingerprint density at radius 1 is 0.595 bits per heavy atom. The SMILES string of the molecule is CC[I-]P(CCc1c(C)cc(C(C)(C)C)cc1C(C)(C)C)Cc1c(C)cc(C(C)(C)C)cc1C(C)(C)C. The van der Waals surface area contributed by atoms with Crippen molar-refractivity contribution in [1.29, 1.82) is 0 Å². The summed E-state index contributed by atoms with van der Waals surface area (Å²) in [4.78, 5) is 0. The molecule has 0 N–H and O–H groups in total. The van der Waals surface area contributed by atoms with E-state index in [0.29, 0.717) is 0 Å². The summed E-state index contributed by atoms with van der Waals surface area (Å²) in [5, 5.41) is 0. The van der Waals surface area contributed by atoms with Crippen LogP contribution in [-0.2, 0) is 34.2 Å². The fourth-order valence-electron chi connectivity index (χ4n) is 5.14. The first kappa shape index (κ1) is 32.8. The Balaban J connectivity index is 2.48. The first-order chi connectivity index (χ1) is 16.7. The Bertz CT molecular complexity index is 1060. The summed E-state index contributed by atoms with van der Waals surface area (Å²) in [6, 6.07) is 10.1. The van der Waals surface area contributed by atoms with Gasteiger partial charge in [0.1, 0.15) is 0 Å². The molecule has 0 saturated heterocycles. The molecule has 0 aliphatic carbocycles. The van der Waals surface area contributed by atoms with E-state index in [1.807, 2.05) is 0 Å². The topological polar surface area (TPSA) is 0 Å². The Morgan fingerprint density at radius 2 is 1.00 bits per heavy atom. The third-order valence-electron chi connectivity index (χ3n) is 7.52. The molecule has 2 rings (SSSR count). The van der Waals surface area contributed by atoms with Crippen molar-refractivity contribution in [2.45, 2.75) is 138 Å². The number of alkyl halides is 1. The van der Waals surface area contributed by atoms with Crippen LogP contribution in [0.15, 0.2) is 24.3 Å². The van der Waals surface area contributed by atoms with Crippen LogP contribution < -0.4 is 20.7 Å². The molecule has 0 amide bonds. The molecular formula is C35H57IP-. The minimum atomic E-state index is 0.0411. The molecule has 2 heteroatoms. The monoisotopic (exact) mass is 635 g/mol. The second-order valence-electron chi connectivity index (χ2n) is 15.1. The van der Waals surface area contributed by atoms with Crippen molar-refractivity contribution in [1.82, 2.24) is 0 Å². The summed E-state index contributed by atoms with van der Waals surface area (Å²) in [6.45, 7) is 35.7. The average Bonchev–Trinajstić information content (AvgIpc) is 2.70. The van der Waals surface area contributed by atoms with Gasteiger partial charge in [0.25, 0.3) is 0 Å². The zero-order valence-electron chi connectivity index (χ0n) is 27.0. The van der Waals surface area contributed by atoms with Crippen LogP contribution in [0.3, 0.4) is 0 Å². The fraction of sp³-hybridized carbons (Fsp3) is 0.657. The van der Waals surface area contributed by atoms with Gasteiger partial charge in [-0.05, 0) is 0 Å². The van der Waals surface area contributed by atoms with E-state index in [1.165, 1.54) is 45.4 Å². The van der Waals surface area contributed by atoms with Gasteiger partial charge < -0.3 is 0 Å². The van der Waals surface area contributed by atoms with Crippen LogP contribution in [0, 0.1) is 13.8 Å². The van der Waals surface area contributed by atoms with Crippen LogP contribution in [-0.4, -0.2) is 10.6 Å². The Hall–Kier alpha value is -0.400. The number of hydrogen-bond donors (Lipinski definition) is 0. The van der Waals surface area contributed by atoms with Gasteiger partial charge in [-0.2, -0.15) is 0 Å². The maximum atomic E-state index is 2.55. The molecule has 0 nitrogen and oxygen atoms in total. The maximum absolute atomic E-state index is 2.55. The van der Waals surface area contributed by atoms with Crippen molar-refractivity contribution in [2.75, 3.05) is 10.6 Å². The van der Waals surface area contributed by atoms with Crippen LogP contribution in [0.1, 0.15) is 135 Å². The van der Waals surface area contributed by atoms with E-state index >= 15 is 0 Å². The summed E-state index contributed by atoms with van der Waals surface area (Å²) < 4.78 is 1.39. The summed E-state index contributed by atoms with van der Waals surface area (Å²) in [6.07, 6.45) is 3.92. The van der Waals surface area contributed by atoms with E-state index in [-0.39, 0.29) is 47.9 Å². The van der Waals surface area contributed by atoms with E-state index in [9.17, 15) is 0 Å². The van der Waals surface area contributed by atoms with E-state index in [1.54, 1.807) is 22.3 Å². The van der Waals surface area contributed by atoms with Crippen molar-refractivity contribution in [2.24, 2.45) is 0 Å². The Kier molecular flexibility index (Phi) is 10.6. The van der Waals surface area contributed by atoms with Gasteiger partial charge in [0.2, 0.25) is 0 Å². The number of hydrogen-bond acceptors (Lipinski definition) is 0. The van der Waals surface area contributed by atoms with Crippen molar-refractivity contribution in [3.05, 3.63) is 68.8 Å². The Labute approximate surface area is 242 Å². The van der Waals surface area contributed by atoms with Gasteiger partial charge in [-0.3, -0.25) is 0 Å². The molecule has 2 aromatic rings. The molecular weight excluding hydrogens is 578 g/mol. The molecule has 2 aromatic carbocycles. The van der Waals surface area contributed by atoms with Gasteiger partial charge in [0, 0.05) is 0 Å². The van der Waals surface area contributed by atoms with Crippen LogP contribution in [0.4, 0.5) is 0 Å². The second kappa shape index (κ2) is 12.0. The number of aryl methyl sites for hydroxylation is 2. The van der Waals surface area contributed by atoms with Crippen molar-refractivity contribution in [3.8, 4) is 0 Å². The van der Waals surface area contributed by atoms with Gasteiger partial charge >= 0.3 is 244 Å². The summed E-state index contributed by atoms with van der Waals surface area (Å²) >= 11 is 0.235. The molecule has 1 unspecified atom stereocenters. The standard InChI is InChI=1S/C35H57IP/c1-16-36-37(23-29-25(3)20-27(33(7,8)9)22-31(29)35(13,14)15)18-17-28-24(2)19-26(32(4,5)6)21-30(28)34(10,11)12/h19-22H,16-18,23H2,1-15H3/q-1. The van der Waals surface area contributed by atoms with Gasteiger partial charge in [0.15, 0.2) is 0 Å². The van der Waals surface area contributed by atoms with E-state index in [0.717, 1.165) is 0 Å². The molecule has 0 heterocycles. The minimum absolute atomic E-state index is 0.0411. The van der Waals surface area contributed by atoms with Gasteiger partial charge in [-0.25, -0.2) is 0 Å². The molecule has 0 aliphatic heterocycles. The third kappa shape index (κ3) is 8.79. The average molecular weight is 636 g/mol. The molecule has 0 saturated carbocycles. The van der Waals surface area contributed by atoms with Gasteiger partial charge in [0.05, 0.1) is 0 Å². The Morgan fingerprint density at radius 3 is 1.38 bits per heavy atom. The predicted octanol–water partition coefficient (Wildman–Crippen LogP) is 7.74. The van der Waals surface area contributed by atoms with Gasteiger partial charge in [-0.1, -0.05) is 0 Å². The van der Waals surface area contributed by atoms with Crippen LogP contribution >= 0.6 is 5.56 Å². The molecule has 0 aliphatic rings. The summed E-state index contributed by atoms with van der Waals surface area (Å²) in [7, 11) is 0. The van der Waals surface area contributed by atoms with E-state index in [4.69, 9.17) is 0 Å². The molecule has 37 heavy (non-hydrogen) atoms. The second-order valence-corrected chi connectivity index (χ2v) is 24.7. The van der Waals surface area contributed by atoms with Crippen molar-refractivity contribution in [3.63, 3.8) is 0 Å². The molecule has 210 valence electrons. The molecule has 0 aromatic heterocycles. The number of rotatable bonds is 7. The normalized spacial score (nSPS) is 14.4. The number of benzene rings is 2. The molecule has 0 radical (unpaired) electrons. The first-order valence-corrected chi connectivity index (χ1v) is 20.3. The van der Waals surface area contributed by atoms with Crippen molar-refractivity contribution >= 4 is 5.56 Å². The van der Waals surface area contributed by atoms with Crippen LogP contribution in [0.2, 0.25) is 0 Å². The fourth-order valence-corrected chi connectivity index (χ4v) is 13.5. The van der Waals surface area contributed by atoms with E-state index < -0.39 is 0 Å². The predicted molar refractivity (Wildman–Crippen MR) is 167 cm³/mol. The molecule has 1 atom stereocenters. The number of halogens is 1. The quantitative estimate of drug-likeness (QED) is 0.166. The molecule has 0 spiro atoms.